The molecule has 0 saturated carbocycles. The summed E-state index contributed by atoms with van der Waals surface area (Å²) in [7, 11) is 0. The number of carbonyl (C=O) groups excluding carboxylic acids is 1. The molecule has 30 heavy (non-hydrogen) atoms. The first-order chi connectivity index (χ1) is 14.5. The lowest BCUT2D eigenvalue weighted by Crippen LogP contribution is -2.13. The van der Waals surface area contributed by atoms with Gasteiger partial charge < -0.3 is 14.8 Å². The number of hydrogen-bond acceptors (Lipinski definition) is 4. The minimum atomic E-state index is -0.505. The molecule has 0 atom stereocenters. The lowest BCUT2D eigenvalue weighted by molar-refractivity contribution is -0.112. The fourth-order valence-corrected chi connectivity index (χ4v) is 2.88. The third-order valence-corrected chi connectivity index (χ3v) is 4.30. The second-order valence-corrected chi connectivity index (χ2v) is 6.85. The molecule has 6 heteroatoms. The number of carbonyl (C=O) groups is 1. The number of halogens is 1. The highest BCUT2D eigenvalue weighted by Gasteiger charge is 2.15. The minimum absolute atomic E-state index is 0.0285. The summed E-state index contributed by atoms with van der Waals surface area (Å²) < 4.78 is 11.7. The maximum atomic E-state index is 12.6. The van der Waals surface area contributed by atoms with Gasteiger partial charge in [0.2, 0.25) is 0 Å². The third kappa shape index (κ3) is 6.40. The Morgan fingerprint density at radius 1 is 1.23 bits per heavy atom. The van der Waals surface area contributed by atoms with E-state index in [4.69, 9.17) is 21.1 Å². The summed E-state index contributed by atoms with van der Waals surface area (Å²) in [6.07, 6.45) is 4.74. The molecule has 0 aliphatic heterocycles. The molecule has 156 valence electrons. The van der Waals surface area contributed by atoms with E-state index in [1.54, 1.807) is 36.4 Å². The zero-order valence-electron chi connectivity index (χ0n) is 17.2. The van der Waals surface area contributed by atoms with Gasteiger partial charge in [-0.2, -0.15) is 5.26 Å². The van der Waals surface area contributed by atoms with Gasteiger partial charge in [0.25, 0.3) is 5.91 Å². The lowest BCUT2D eigenvalue weighted by Gasteiger charge is -2.16. The number of nitrogens with one attached hydrogen (secondary N) is 1. The molecule has 5 nitrogen and oxygen atoms in total. The molecule has 0 aliphatic rings. The normalized spacial score (nSPS) is 10.8. The molecule has 0 bridgehead atoms. The zero-order valence-corrected chi connectivity index (χ0v) is 18.0. The molecule has 0 aromatic heterocycles. The predicted molar refractivity (Wildman–Crippen MR) is 121 cm³/mol. The standard InChI is InChI=1S/C24H25ClN2O3/c1-4-7-18-13-17(15-22(29-6-3)23(18)30-12-5-2)14-19(16-26)24(28)27-21-10-8-20(25)9-11-21/h4,8-11,13-15H,1,5-7,12H2,2-3H3,(H,27,28)/b19-14+. The number of amides is 1. The fraction of sp³-hybridized carbons (Fsp3) is 0.250. The van der Waals surface area contributed by atoms with Crippen LogP contribution in [0, 0.1) is 11.3 Å². The monoisotopic (exact) mass is 424 g/mol. The average molecular weight is 425 g/mol. The maximum Gasteiger partial charge on any atom is 0.266 e. The van der Waals surface area contributed by atoms with Crippen molar-refractivity contribution in [3.8, 4) is 17.6 Å². The zero-order chi connectivity index (χ0) is 21.9. The number of allylic oxidation sites excluding steroid dienone is 1. The molecule has 0 unspecified atom stereocenters. The molecule has 1 N–H and O–H groups in total. The van der Waals surface area contributed by atoms with Crippen molar-refractivity contribution in [2.45, 2.75) is 26.7 Å². The fourth-order valence-electron chi connectivity index (χ4n) is 2.75. The topological polar surface area (TPSA) is 71.4 Å². The van der Waals surface area contributed by atoms with Gasteiger partial charge in [-0.3, -0.25) is 4.79 Å². The molecule has 2 aromatic rings. The van der Waals surface area contributed by atoms with Gasteiger partial charge in [0.1, 0.15) is 11.6 Å². The molecular weight excluding hydrogens is 400 g/mol. The van der Waals surface area contributed by atoms with Gasteiger partial charge in [0.05, 0.1) is 13.2 Å². The molecular formula is C24H25ClN2O3. The highest BCUT2D eigenvalue weighted by molar-refractivity contribution is 6.30. The van der Waals surface area contributed by atoms with E-state index < -0.39 is 5.91 Å². The highest BCUT2D eigenvalue weighted by Crippen LogP contribution is 2.35. The molecule has 0 aliphatic carbocycles. The van der Waals surface area contributed by atoms with Gasteiger partial charge in [-0.1, -0.05) is 24.6 Å². The van der Waals surface area contributed by atoms with Gasteiger partial charge in [0, 0.05) is 16.3 Å². The molecule has 0 radical (unpaired) electrons. The summed E-state index contributed by atoms with van der Waals surface area (Å²) in [6, 6.07) is 12.3. The second-order valence-electron chi connectivity index (χ2n) is 6.41. The van der Waals surface area contributed by atoms with Gasteiger partial charge in [-0.15, -0.1) is 6.58 Å². The number of rotatable bonds is 10. The third-order valence-electron chi connectivity index (χ3n) is 4.05. The maximum absolute atomic E-state index is 12.6. The van der Waals surface area contributed by atoms with Crippen LogP contribution in [-0.2, 0) is 11.2 Å². The van der Waals surface area contributed by atoms with E-state index in [9.17, 15) is 10.1 Å². The Bertz CT molecular complexity index is 960. The molecule has 0 heterocycles. The van der Waals surface area contributed by atoms with Crippen molar-refractivity contribution < 1.29 is 14.3 Å². The van der Waals surface area contributed by atoms with Crippen molar-refractivity contribution in [2.75, 3.05) is 18.5 Å². The first-order valence-electron chi connectivity index (χ1n) is 9.74. The smallest absolute Gasteiger partial charge is 0.266 e. The summed E-state index contributed by atoms with van der Waals surface area (Å²) in [5.41, 5.74) is 2.07. The van der Waals surface area contributed by atoms with Crippen LogP contribution in [0.15, 0.2) is 54.6 Å². The quantitative estimate of drug-likeness (QED) is 0.297. The minimum Gasteiger partial charge on any atom is -0.490 e. The second kappa shape index (κ2) is 11.7. The Kier molecular flexibility index (Phi) is 8.99. The Balaban J connectivity index is 2.39. The Morgan fingerprint density at radius 3 is 2.57 bits per heavy atom. The van der Waals surface area contributed by atoms with E-state index in [1.165, 1.54) is 6.08 Å². The number of hydrogen-bond donors (Lipinski definition) is 1. The van der Waals surface area contributed by atoms with Gasteiger partial charge in [0.15, 0.2) is 11.5 Å². The van der Waals surface area contributed by atoms with Crippen LogP contribution in [0.2, 0.25) is 5.02 Å². The van der Waals surface area contributed by atoms with Crippen LogP contribution in [0.25, 0.3) is 6.08 Å². The van der Waals surface area contributed by atoms with Crippen LogP contribution < -0.4 is 14.8 Å². The van der Waals surface area contributed by atoms with Crippen molar-refractivity contribution >= 4 is 29.3 Å². The molecule has 0 spiro atoms. The number of nitrogens with zero attached hydrogens (tertiary/aromatic N) is 1. The van der Waals surface area contributed by atoms with Crippen molar-refractivity contribution in [1.82, 2.24) is 0 Å². The molecule has 2 aromatic carbocycles. The Hall–Kier alpha value is -3.23. The number of nitriles is 1. The van der Waals surface area contributed by atoms with Crippen molar-refractivity contribution in [3.05, 3.63) is 70.8 Å². The van der Waals surface area contributed by atoms with Crippen molar-refractivity contribution in [3.63, 3.8) is 0 Å². The van der Waals surface area contributed by atoms with Gasteiger partial charge in [-0.25, -0.2) is 0 Å². The van der Waals surface area contributed by atoms with E-state index in [0.717, 1.165) is 12.0 Å². The number of ether oxygens (including phenoxy) is 2. The summed E-state index contributed by atoms with van der Waals surface area (Å²) >= 11 is 5.87. The van der Waals surface area contributed by atoms with Crippen molar-refractivity contribution in [2.24, 2.45) is 0 Å². The molecule has 2 rings (SSSR count). The predicted octanol–water partition coefficient (Wildman–Crippen LogP) is 5.80. The first kappa shape index (κ1) is 23.1. The summed E-state index contributed by atoms with van der Waals surface area (Å²) in [6.45, 7) is 8.75. The molecule has 1 amide bonds. The highest BCUT2D eigenvalue weighted by atomic mass is 35.5. The van der Waals surface area contributed by atoms with Crippen molar-refractivity contribution in [1.29, 1.82) is 5.26 Å². The van der Waals surface area contributed by atoms with Crippen LogP contribution in [0.1, 0.15) is 31.4 Å². The SMILES string of the molecule is C=CCc1cc(/C=C(\C#N)C(=O)Nc2ccc(Cl)cc2)cc(OCC)c1OCCC. The summed E-state index contributed by atoms with van der Waals surface area (Å²) in [5, 5.41) is 12.8. The Labute approximate surface area is 182 Å². The van der Waals surface area contributed by atoms with E-state index >= 15 is 0 Å². The van der Waals surface area contributed by atoms with Crippen LogP contribution in [0.5, 0.6) is 11.5 Å². The molecule has 0 saturated heterocycles. The first-order valence-corrected chi connectivity index (χ1v) is 10.1. The summed E-state index contributed by atoms with van der Waals surface area (Å²) in [4.78, 5) is 12.6. The van der Waals surface area contributed by atoms with Crippen LogP contribution in [0.4, 0.5) is 5.69 Å². The average Bonchev–Trinajstić information content (AvgIpc) is 2.73. The van der Waals surface area contributed by atoms with Crippen LogP contribution in [-0.4, -0.2) is 19.1 Å². The van der Waals surface area contributed by atoms with E-state index in [2.05, 4.69) is 11.9 Å². The number of benzene rings is 2. The Morgan fingerprint density at radius 2 is 1.97 bits per heavy atom. The van der Waals surface area contributed by atoms with Crippen LogP contribution >= 0.6 is 11.6 Å². The van der Waals surface area contributed by atoms with Crippen LogP contribution in [0.3, 0.4) is 0 Å². The van der Waals surface area contributed by atoms with E-state index in [-0.39, 0.29) is 5.57 Å². The molecule has 0 fully saturated rings. The number of anilines is 1. The van der Waals surface area contributed by atoms with E-state index in [1.807, 2.05) is 26.0 Å². The van der Waals surface area contributed by atoms with Gasteiger partial charge in [-0.05, 0) is 67.8 Å². The summed E-state index contributed by atoms with van der Waals surface area (Å²) in [5.74, 6) is 0.737. The van der Waals surface area contributed by atoms with Gasteiger partial charge >= 0.3 is 0 Å². The largest absolute Gasteiger partial charge is 0.490 e. The lowest BCUT2D eigenvalue weighted by atomic mass is 10.0. The van der Waals surface area contributed by atoms with E-state index in [0.29, 0.717) is 47.4 Å².